The molecular formula is C32H38N2. The maximum Gasteiger partial charge on any atom is 0.0311 e. The SMILES string of the molecule is CN1CCCC1Cc1ccc2c(c1)C=CC(c1ccc(C3=CC=C(C4CCCN4C)C3)cc1)C2. The molecule has 0 radical (unpaired) electrons. The zero-order valence-electron chi connectivity index (χ0n) is 20.8. The van der Waals surface area contributed by atoms with Crippen LogP contribution in [0, 0.1) is 0 Å². The molecule has 6 rings (SSSR count). The van der Waals surface area contributed by atoms with Crippen LogP contribution in [0.4, 0.5) is 0 Å². The maximum atomic E-state index is 2.53. The topological polar surface area (TPSA) is 6.48 Å². The standard InChI is InChI=1S/C32H38N2/c1-33-17-3-5-31(33)20-23-7-8-29-21-27(14-13-26(29)19-23)24-9-11-25(12-10-24)28-15-16-30(22-28)32-6-4-18-34(32)2/h7-16,19,27,31-32H,3-6,17-18,20-22H2,1-2H3. The second-order valence-electron chi connectivity index (χ2n) is 11.1. The minimum atomic E-state index is 0.478. The molecule has 0 spiro atoms. The quantitative estimate of drug-likeness (QED) is 0.514. The van der Waals surface area contributed by atoms with Crippen LogP contribution >= 0.6 is 0 Å². The van der Waals surface area contributed by atoms with Gasteiger partial charge in [-0.1, -0.05) is 66.8 Å². The molecule has 34 heavy (non-hydrogen) atoms. The van der Waals surface area contributed by atoms with Gasteiger partial charge in [-0.25, -0.2) is 0 Å². The number of likely N-dealkylation sites (N-methyl/N-ethyl adjacent to an activating group) is 2. The van der Waals surface area contributed by atoms with E-state index in [4.69, 9.17) is 0 Å². The van der Waals surface area contributed by atoms with Crippen LogP contribution in [0.2, 0.25) is 0 Å². The maximum absolute atomic E-state index is 2.53. The summed E-state index contributed by atoms with van der Waals surface area (Å²) in [5.74, 6) is 0.478. The minimum Gasteiger partial charge on any atom is -0.303 e. The fourth-order valence-electron chi connectivity index (χ4n) is 6.67. The van der Waals surface area contributed by atoms with Gasteiger partial charge in [0.25, 0.3) is 0 Å². The molecule has 2 nitrogen and oxygen atoms in total. The van der Waals surface area contributed by atoms with Gasteiger partial charge in [0.1, 0.15) is 0 Å². The molecule has 2 aromatic carbocycles. The molecule has 2 aromatic rings. The molecule has 2 heteroatoms. The molecular weight excluding hydrogens is 412 g/mol. The second-order valence-corrected chi connectivity index (χ2v) is 11.1. The predicted molar refractivity (Wildman–Crippen MR) is 144 cm³/mol. The molecule has 0 N–H and O–H groups in total. The smallest absolute Gasteiger partial charge is 0.0311 e. The van der Waals surface area contributed by atoms with Gasteiger partial charge in [-0.2, -0.15) is 0 Å². The molecule has 2 fully saturated rings. The van der Waals surface area contributed by atoms with Crippen LogP contribution in [0.1, 0.15) is 65.8 Å². The summed E-state index contributed by atoms with van der Waals surface area (Å²) in [6, 6.07) is 18.0. The summed E-state index contributed by atoms with van der Waals surface area (Å²) >= 11 is 0. The molecule has 0 bridgehead atoms. The normalized spacial score (nSPS) is 27.2. The third kappa shape index (κ3) is 4.34. The number of fused-ring (bicyclic) bond motifs is 1. The van der Waals surface area contributed by atoms with E-state index in [9.17, 15) is 0 Å². The first-order valence-corrected chi connectivity index (χ1v) is 13.3. The number of hydrogen-bond donors (Lipinski definition) is 0. The molecule has 3 atom stereocenters. The van der Waals surface area contributed by atoms with Gasteiger partial charge in [-0.3, -0.25) is 4.90 Å². The molecule has 4 aliphatic rings. The third-order valence-corrected chi connectivity index (χ3v) is 8.85. The molecule has 2 saturated heterocycles. The van der Waals surface area contributed by atoms with E-state index in [2.05, 4.69) is 90.7 Å². The van der Waals surface area contributed by atoms with Crippen LogP contribution in [0.15, 0.2) is 66.3 Å². The Bertz CT molecular complexity index is 1140. The summed E-state index contributed by atoms with van der Waals surface area (Å²) in [4.78, 5) is 5.05. The lowest BCUT2D eigenvalue weighted by molar-refractivity contribution is 0.309. The van der Waals surface area contributed by atoms with E-state index in [1.54, 1.807) is 5.57 Å². The summed E-state index contributed by atoms with van der Waals surface area (Å²) in [5.41, 5.74) is 10.3. The van der Waals surface area contributed by atoms with Gasteiger partial charge >= 0.3 is 0 Å². The summed E-state index contributed by atoms with van der Waals surface area (Å²) < 4.78 is 0. The van der Waals surface area contributed by atoms with Crippen LogP contribution in [-0.2, 0) is 12.8 Å². The Hall–Kier alpha value is -2.42. The van der Waals surface area contributed by atoms with Gasteiger partial charge in [0.2, 0.25) is 0 Å². The first-order valence-electron chi connectivity index (χ1n) is 13.3. The van der Waals surface area contributed by atoms with E-state index in [-0.39, 0.29) is 0 Å². The highest BCUT2D eigenvalue weighted by Gasteiger charge is 2.27. The Labute approximate surface area is 205 Å². The van der Waals surface area contributed by atoms with E-state index in [1.165, 1.54) is 78.6 Å². The summed E-state index contributed by atoms with van der Waals surface area (Å²) in [6.45, 7) is 2.49. The van der Waals surface area contributed by atoms with Crippen LogP contribution in [0.25, 0.3) is 11.6 Å². The first-order chi connectivity index (χ1) is 16.6. The van der Waals surface area contributed by atoms with Crippen molar-refractivity contribution in [3.8, 4) is 0 Å². The van der Waals surface area contributed by atoms with Crippen LogP contribution < -0.4 is 0 Å². The number of hydrogen-bond acceptors (Lipinski definition) is 2. The van der Waals surface area contributed by atoms with Gasteiger partial charge in [-0.05, 0) is 111 Å². The van der Waals surface area contributed by atoms with Gasteiger partial charge < -0.3 is 4.90 Å². The lowest BCUT2D eigenvalue weighted by atomic mass is 9.83. The van der Waals surface area contributed by atoms with Crippen molar-refractivity contribution in [3.63, 3.8) is 0 Å². The Morgan fingerprint density at radius 1 is 0.882 bits per heavy atom. The van der Waals surface area contributed by atoms with Crippen LogP contribution in [0.3, 0.4) is 0 Å². The Kier molecular flexibility index (Phi) is 6.05. The van der Waals surface area contributed by atoms with Crippen molar-refractivity contribution >= 4 is 11.6 Å². The monoisotopic (exact) mass is 450 g/mol. The summed E-state index contributed by atoms with van der Waals surface area (Å²) in [7, 11) is 4.55. The molecule has 176 valence electrons. The minimum absolute atomic E-state index is 0.478. The van der Waals surface area contributed by atoms with Crippen molar-refractivity contribution in [2.45, 2.75) is 62.9 Å². The molecule has 0 saturated carbocycles. The van der Waals surface area contributed by atoms with Crippen molar-refractivity contribution in [1.29, 1.82) is 0 Å². The lowest BCUT2D eigenvalue weighted by Gasteiger charge is -2.23. The van der Waals surface area contributed by atoms with Crippen LogP contribution in [-0.4, -0.2) is 49.1 Å². The third-order valence-electron chi connectivity index (χ3n) is 8.85. The van der Waals surface area contributed by atoms with E-state index in [1.807, 2.05) is 0 Å². The number of benzene rings is 2. The van der Waals surface area contributed by atoms with Gasteiger partial charge in [0.15, 0.2) is 0 Å². The molecule has 0 aromatic heterocycles. The molecule has 2 aliphatic heterocycles. The van der Waals surface area contributed by atoms with Gasteiger partial charge in [-0.15, -0.1) is 0 Å². The van der Waals surface area contributed by atoms with E-state index >= 15 is 0 Å². The highest BCUT2D eigenvalue weighted by molar-refractivity contribution is 5.73. The number of allylic oxidation sites excluding steroid dienone is 4. The zero-order valence-corrected chi connectivity index (χ0v) is 20.8. The largest absolute Gasteiger partial charge is 0.303 e. The average Bonchev–Trinajstić information content (AvgIpc) is 3.61. The van der Waals surface area contributed by atoms with E-state index < -0.39 is 0 Å². The Morgan fingerprint density at radius 3 is 2.47 bits per heavy atom. The highest BCUT2D eigenvalue weighted by Crippen LogP contribution is 2.36. The average molecular weight is 451 g/mol. The Balaban J connectivity index is 1.10. The number of nitrogens with zero attached hydrogens (tertiary/aromatic N) is 2. The highest BCUT2D eigenvalue weighted by atomic mass is 15.1. The fraction of sp³-hybridized carbons (Fsp3) is 0.438. The van der Waals surface area contributed by atoms with Crippen molar-refractivity contribution in [3.05, 3.63) is 94.1 Å². The van der Waals surface area contributed by atoms with Gasteiger partial charge in [0.05, 0.1) is 0 Å². The molecule has 2 heterocycles. The van der Waals surface area contributed by atoms with Crippen molar-refractivity contribution in [2.75, 3.05) is 27.2 Å². The van der Waals surface area contributed by atoms with Crippen molar-refractivity contribution in [1.82, 2.24) is 9.80 Å². The number of rotatable bonds is 5. The predicted octanol–water partition coefficient (Wildman–Crippen LogP) is 6.48. The zero-order chi connectivity index (χ0) is 23.1. The van der Waals surface area contributed by atoms with E-state index in [0.29, 0.717) is 12.0 Å². The second kappa shape index (κ2) is 9.32. The molecule has 3 unspecified atom stereocenters. The summed E-state index contributed by atoms with van der Waals surface area (Å²) in [6.07, 6.45) is 18.3. The fourth-order valence-corrected chi connectivity index (χ4v) is 6.67. The van der Waals surface area contributed by atoms with Crippen LogP contribution in [0.5, 0.6) is 0 Å². The number of likely N-dealkylation sites (tertiary alicyclic amines) is 2. The van der Waals surface area contributed by atoms with E-state index in [0.717, 1.165) is 18.9 Å². The van der Waals surface area contributed by atoms with Gasteiger partial charge in [0, 0.05) is 18.0 Å². The first kappa shape index (κ1) is 22.1. The molecule has 0 amide bonds. The van der Waals surface area contributed by atoms with Crippen molar-refractivity contribution < 1.29 is 0 Å². The molecule has 2 aliphatic carbocycles. The van der Waals surface area contributed by atoms with Crippen molar-refractivity contribution in [2.24, 2.45) is 0 Å². The Morgan fingerprint density at radius 2 is 1.71 bits per heavy atom. The lowest BCUT2D eigenvalue weighted by Crippen LogP contribution is -2.26. The summed E-state index contributed by atoms with van der Waals surface area (Å²) in [5, 5.41) is 0.